The van der Waals surface area contributed by atoms with Gasteiger partial charge in [-0.2, -0.15) is 0 Å². The number of likely N-dealkylation sites (N-methyl/N-ethyl adjacent to an activating group) is 1. The van der Waals surface area contributed by atoms with Gasteiger partial charge in [-0.15, -0.1) is 0 Å². The van der Waals surface area contributed by atoms with Crippen molar-refractivity contribution < 1.29 is 23.1 Å². The summed E-state index contributed by atoms with van der Waals surface area (Å²) >= 11 is 5.81. The second kappa shape index (κ2) is 8.21. The fourth-order valence-electron chi connectivity index (χ4n) is 1.55. The molecule has 118 valence electrons. The Hall–Kier alpha value is -1.31. The van der Waals surface area contributed by atoms with Crippen LogP contribution < -0.4 is 4.74 Å². The highest BCUT2D eigenvalue weighted by Crippen LogP contribution is 2.17. The molecule has 1 aromatic rings. The third kappa shape index (κ3) is 6.79. The van der Waals surface area contributed by atoms with E-state index in [1.54, 1.807) is 24.3 Å². The summed E-state index contributed by atoms with van der Waals surface area (Å²) in [4.78, 5) is 10.4. The average Bonchev–Trinajstić information content (AvgIpc) is 2.38. The molecule has 0 aromatic heterocycles. The first-order chi connectivity index (χ1) is 9.81. The standard InChI is InChI=1S/C13H18ClNO5S/c1-15(21(18,19)9-3-6-13(16)17)7-8-20-12-5-2-4-11(14)10-12/h2,4-5,10H,3,6-9H2,1H3,(H,16,17). The van der Waals surface area contributed by atoms with Gasteiger partial charge in [0.1, 0.15) is 12.4 Å². The highest BCUT2D eigenvalue weighted by molar-refractivity contribution is 7.89. The molecule has 0 fully saturated rings. The lowest BCUT2D eigenvalue weighted by Crippen LogP contribution is -2.33. The number of halogens is 1. The van der Waals surface area contributed by atoms with Crippen LogP contribution in [0, 0.1) is 0 Å². The van der Waals surface area contributed by atoms with E-state index in [-0.39, 0.29) is 31.7 Å². The minimum atomic E-state index is -3.45. The van der Waals surface area contributed by atoms with Gasteiger partial charge >= 0.3 is 5.97 Å². The number of nitrogens with zero attached hydrogens (tertiary/aromatic N) is 1. The third-order valence-corrected chi connectivity index (χ3v) is 4.91. The molecule has 21 heavy (non-hydrogen) atoms. The SMILES string of the molecule is CN(CCOc1cccc(Cl)c1)S(=O)(=O)CCCC(=O)O. The van der Waals surface area contributed by atoms with E-state index >= 15 is 0 Å². The van der Waals surface area contributed by atoms with Gasteiger partial charge < -0.3 is 9.84 Å². The van der Waals surface area contributed by atoms with Crippen molar-refractivity contribution in [3.8, 4) is 5.75 Å². The maximum Gasteiger partial charge on any atom is 0.303 e. The summed E-state index contributed by atoms with van der Waals surface area (Å²) in [6.45, 7) is 0.372. The van der Waals surface area contributed by atoms with Gasteiger partial charge in [0.05, 0.1) is 5.75 Å². The summed E-state index contributed by atoms with van der Waals surface area (Å²) in [5.74, 6) is -0.621. The minimum absolute atomic E-state index is 0.0944. The largest absolute Gasteiger partial charge is 0.492 e. The van der Waals surface area contributed by atoms with Crippen LogP contribution in [0.3, 0.4) is 0 Å². The number of carboxylic acids is 1. The Morgan fingerprint density at radius 1 is 1.43 bits per heavy atom. The molecule has 8 heteroatoms. The highest BCUT2D eigenvalue weighted by atomic mass is 35.5. The predicted molar refractivity (Wildman–Crippen MR) is 80.2 cm³/mol. The lowest BCUT2D eigenvalue weighted by Gasteiger charge is -2.17. The molecule has 1 rings (SSSR count). The van der Waals surface area contributed by atoms with E-state index in [0.717, 1.165) is 0 Å². The fourth-order valence-corrected chi connectivity index (χ4v) is 2.90. The molecule has 0 aliphatic heterocycles. The van der Waals surface area contributed by atoms with Crippen molar-refractivity contribution in [2.75, 3.05) is 26.0 Å². The summed E-state index contributed by atoms with van der Waals surface area (Å²) in [6, 6.07) is 6.83. The molecule has 0 saturated heterocycles. The first-order valence-corrected chi connectivity index (χ1v) is 8.34. The van der Waals surface area contributed by atoms with Gasteiger partial charge in [-0.1, -0.05) is 17.7 Å². The van der Waals surface area contributed by atoms with Crippen molar-refractivity contribution in [1.82, 2.24) is 4.31 Å². The fraction of sp³-hybridized carbons (Fsp3) is 0.462. The molecule has 0 aliphatic rings. The maximum absolute atomic E-state index is 11.9. The van der Waals surface area contributed by atoms with Gasteiger partial charge in [0.2, 0.25) is 10.0 Å². The smallest absolute Gasteiger partial charge is 0.303 e. The zero-order chi connectivity index (χ0) is 15.9. The lowest BCUT2D eigenvalue weighted by molar-refractivity contribution is -0.137. The number of carboxylic acid groups (broad SMARTS) is 1. The number of benzene rings is 1. The van der Waals surface area contributed by atoms with E-state index in [1.807, 2.05) is 0 Å². The Balaban J connectivity index is 2.38. The van der Waals surface area contributed by atoms with Gasteiger partial charge in [0.25, 0.3) is 0 Å². The second-order valence-corrected chi connectivity index (χ2v) is 7.07. The van der Waals surface area contributed by atoms with Crippen LogP contribution in [-0.2, 0) is 14.8 Å². The van der Waals surface area contributed by atoms with E-state index in [2.05, 4.69) is 0 Å². The van der Waals surface area contributed by atoms with Crippen LogP contribution in [0.4, 0.5) is 0 Å². The molecule has 0 unspecified atom stereocenters. The molecule has 6 nitrogen and oxygen atoms in total. The van der Waals surface area contributed by atoms with Crippen LogP contribution in [0.2, 0.25) is 5.02 Å². The van der Waals surface area contributed by atoms with E-state index in [1.165, 1.54) is 11.4 Å². The number of sulfonamides is 1. The zero-order valence-corrected chi connectivity index (χ0v) is 13.2. The Bertz CT molecular complexity index is 576. The minimum Gasteiger partial charge on any atom is -0.492 e. The molecule has 1 N–H and O–H groups in total. The van der Waals surface area contributed by atoms with Crippen LogP contribution in [0.25, 0.3) is 0 Å². The molecule has 1 aromatic carbocycles. The number of hydrogen-bond acceptors (Lipinski definition) is 4. The normalized spacial score (nSPS) is 11.6. The number of rotatable bonds is 9. The molecule has 0 saturated carbocycles. The first-order valence-electron chi connectivity index (χ1n) is 6.35. The van der Waals surface area contributed by atoms with Gasteiger partial charge in [0.15, 0.2) is 0 Å². The predicted octanol–water partition coefficient (Wildman–Crippen LogP) is 1.85. The summed E-state index contributed by atoms with van der Waals surface area (Å²) in [7, 11) is -2.01. The van der Waals surface area contributed by atoms with Gasteiger partial charge in [-0.25, -0.2) is 12.7 Å². The van der Waals surface area contributed by atoms with Gasteiger partial charge in [-0.05, 0) is 24.6 Å². The molecular formula is C13H18ClNO5S. The number of aliphatic carboxylic acids is 1. The Kier molecular flexibility index (Phi) is 6.94. The van der Waals surface area contributed by atoms with E-state index in [9.17, 15) is 13.2 Å². The molecule has 0 aliphatic carbocycles. The summed E-state index contributed by atoms with van der Waals surface area (Å²) in [6.07, 6.45) is -0.0662. The van der Waals surface area contributed by atoms with E-state index in [0.29, 0.717) is 10.8 Å². The average molecular weight is 336 g/mol. The van der Waals surface area contributed by atoms with Crippen LogP contribution in [-0.4, -0.2) is 49.8 Å². The number of ether oxygens (including phenoxy) is 1. The molecule has 0 heterocycles. The van der Waals surface area contributed by atoms with Crippen molar-refractivity contribution in [2.45, 2.75) is 12.8 Å². The first kappa shape index (κ1) is 17.7. The summed E-state index contributed by atoms with van der Waals surface area (Å²) in [5, 5.41) is 9.04. The van der Waals surface area contributed by atoms with Crippen molar-refractivity contribution in [3.63, 3.8) is 0 Å². The van der Waals surface area contributed by atoms with Gasteiger partial charge in [-0.3, -0.25) is 4.79 Å². The van der Waals surface area contributed by atoms with Crippen molar-refractivity contribution in [1.29, 1.82) is 0 Å². The van der Waals surface area contributed by atoms with Crippen LogP contribution in [0.1, 0.15) is 12.8 Å². The van der Waals surface area contributed by atoms with Crippen molar-refractivity contribution in [3.05, 3.63) is 29.3 Å². The van der Waals surface area contributed by atoms with E-state index < -0.39 is 16.0 Å². The molecule has 0 bridgehead atoms. The Labute approximate surface area is 129 Å². The monoisotopic (exact) mass is 335 g/mol. The summed E-state index contributed by atoms with van der Waals surface area (Å²) < 4.78 is 30.3. The lowest BCUT2D eigenvalue weighted by atomic mass is 10.3. The Morgan fingerprint density at radius 3 is 2.76 bits per heavy atom. The van der Waals surface area contributed by atoms with Crippen molar-refractivity contribution >= 4 is 27.6 Å². The number of carbonyl (C=O) groups is 1. The zero-order valence-electron chi connectivity index (χ0n) is 11.7. The van der Waals surface area contributed by atoms with E-state index in [4.69, 9.17) is 21.4 Å². The molecule has 0 radical (unpaired) electrons. The highest BCUT2D eigenvalue weighted by Gasteiger charge is 2.17. The van der Waals surface area contributed by atoms with Crippen molar-refractivity contribution in [2.24, 2.45) is 0 Å². The van der Waals surface area contributed by atoms with Crippen LogP contribution in [0.5, 0.6) is 5.75 Å². The Morgan fingerprint density at radius 2 is 2.14 bits per heavy atom. The second-order valence-electron chi connectivity index (χ2n) is 4.44. The molecule has 0 amide bonds. The molecule has 0 spiro atoms. The maximum atomic E-state index is 11.9. The molecular weight excluding hydrogens is 318 g/mol. The quantitative estimate of drug-likeness (QED) is 0.744. The summed E-state index contributed by atoms with van der Waals surface area (Å²) in [5.41, 5.74) is 0. The topological polar surface area (TPSA) is 83.9 Å². The number of hydrogen-bond donors (Lipinski definition) is 1. The van der Waals surface area contributed by atoms with Crippen LogP contribution >= 0.6 is 11.6 Å². The third-order valence-electron chi connectivity index (χ3n) is 2.74. The van der Waals surface area contributed by atoms with Gasteiger partial charge in [0, 0.05) is 25.0 Å². The van der Waals surface area contributed by atoms with Crippen LogP contribution in [0.15, 0.2) is 24.3 Å². The molecule has 0 atom stereocenters.